The van der Waals surface area contributed by atoms with Gasteiger partial charge in [0, 0.05) is 12.0 Å². The minimum Gasteiger partial charge on any atom is -0.494 e. The Morgan fingerprint density at radius 1 is 1.33 bits per heavy atom. The highest BCUT2D eigenvalue weighted by Crippen LogP contribution is 2.25. The third kappa shape index (κ3) is 4.51. The van der Waals surface area contributed by atoms with Gasteiger partial charge in [-0.05, 0) is 19.4 Å². The van der Waals surface area contributed by atoms with Gasteiger partial charge in [0.05, 0.1) is 25.3 Å². The maximum absolute atomic E-state index is 11.2. The summed E-state index contributed by atoms with van der Waals surface area (Å²) in [5.41, 5.74) is 1.53. The van der Waals surface area contributed by atoms with Crippen LogP contribution in [0.15, 0.2) is 24.3 Å². The third-order valence-electron chi connectivity index (χ3n) is 3.78. The maximum Gasteiger partial charge on any atom is 0.309 e. The molecular weight excluding hydrogens is 328 g/mol. The van der Waals surface area contributed by atoms with E-state index in [4.69, 9.17) is 16.3 Å². The lowest BCUT2D eigenvalue weighted by molar-refractivity contribution is -0.136. The van der Waals surface area contributed by atoms with Crippen molar-refractivity contribution in [3.05, 3.63) is 46.5 Å². The number of unbranched alkanes of at least 4 members (excludes halogenated alkanes) is 1. The van der Waals surface area contributed by atoms with E-state index in [1.54, 1.807) is 0 Å². The van der Waals surface area contributed by atoms with Gasteiger partial charge in [-0.15, -0.1) is 0 Å². The van der Waals surface area contributed by atoms with E-state index in [-0.39, 0.29) is 11.6 Å². The molecule has 1 N–H and O–H groups in total. The van der Waals surface area contributed by atoms with Crippen LogP contribution < -0.4 is 4.74 Å². The van der Waals surface area contributed by atoms with Crippen molar-refractivity contribution in [2.45, 2.75) is 46.1 Å². The predicted octanol–water partition coefficient (Wildman–Crippen LogP) is 3.95. The molecule has 0 spiro atoms. The molecule has 0 fully saturated rings. The quantitative estimate of drug-likeness (QED) is 0.743. The Morgan fingerprint density at radius 2 is 2.08 bits per heavy atom. The van der Waals surface area contributed by atoms with Crippen LogP contribution in [-0.4, -0.2) is 27.2 Å². The molecule has 0 saturated carbocycles. The summed E-state index contributed by atoms with van der Waals surface area (Å²) in [6.45, 7) is 5.12. The number of rotatable bonds is 9. The van der Waals surface area contributed by atoms with Crippen molar-refractivity contribution < 1.29 is 14.6 Å². The number of hydrogen-bond acceptors (Lipinski definition) is 3. The number of carboxylic acids is 1. The Bertz CT molecular complexity index is 698. The zero-order chi connectivity index (χ0) is 17.5. The van der Waals surface area contributed by atoms with E-state index in [1.807, 2.05) is 35.8 Å². The van der Waals surface area contributed by atoms with Crippen molar-refractivity contribution >= 4 is 17.6 Å². The second-order valence-corrected chi connectivity index (χ2v) is 5.92. The minimum atomic E-state index is -0.918. The smallest absolute Gasteiger partial charge is 0.309 e. The largest absolute Gasteiger partial charge is 0.494 e. The number of ether oxygens (including phenoxy) is 1. The predicted molar refractivity (Wildman–Crippen MR) is 93.9 cm³/mol. The fraction of sp³-hybridized carbons (Fsp3) is 0.444. The second-order valence-electron chi connectivity index (χ2n) is 5.57. The molecule has 24 heavy (non-hydrogen) atoms. The van der Waals surface area contributed by atoms with Gasteiger partial charge in [-0.25, -0.2) is 4.98 Å². The van der Waals surface area contributed by atoms with Gasteiger partial charge in [0.15, 0.2) is 5.15 Å². The lowest BCUT2D eigenvalue weighted by Gasteiger charge is -2.14. The number of carbonyl (C=O) groups is 1. The van der Waals surface area contributed by atoms with Gasteiger partial charge in [-0.3, -0.25) is 4.79 Å². The van der Waals surface area contributed by atoms with E-state index in [0.29, 0.717) is 18.8 Å². The topological polar surface area (TPSA) is 64.3 Å². The average Bonchev–Trinajstić information content (AvgIpc) is 2.83. The van der Waals surface area contributed by atoms with Crippen LogP contribution in [0.2, 0.25) is 5.15 Å². The van der Waals surface area contributed by atoms with Crippen LogP contribution in [0.25, 0.3) is 0 Å². The molecule has 0 aliphatic carbocycles. The number of hydrogen-bond donors (Lipinski definition) is 1. The van der Waals surface area contributed by atoms with Gasteiger partial charge in [-0.2, -0.15) is 0 Å². The molecule has 6 heteroatoms. The number of aliphatic carboxylic acids is 1. The van der Waals surface area contributed by atoms with Gasteiger partial charge in [0.2, 0.25) is 0 Å². The summed E-state index contributed by atoms with van der Waals surface area (Å²) in [5.74, 6) is 0.704. The number of carboxylic acid groups (broad SMARTS) is 1. The van der Waals surface area contributed by atoms with Crippen molar-refractivity contribution in [3.8, 4) is 5.75 Å². The van der Waals surface area contributed by atoms with Crippen molar-refractivity contribution in [1.29, 1.82) is 0 Å². The molecule has 0 aliphatic heterocycles. The Morgan fingerprint density at radius 3 is 2.75 bits per heavy atom. The fourth-order valence-corrected chi connectivity index (χ4v) is 2.90. The lowest BCUT2D eigenvalue weighted by atomic mass is 10.1. The van der Waals surface area contributed by atoms with Gasteiger partial charge in [0.1, 0.15) is 11.6 Å². The number of aryl methyl sites for hydroxylation is 1. The van der Waals surface area contributed by atoms with Gasteiger partial charge >= 0.3 is 5.97 Å². The Hall–Kier alpha value is -2.01. The molecule has 0 aliphatic rings. The van der Waals surface area contributed by atoms with Crippen LogP contribution in [-0.2, 0) is 24.2 Å². The molecule has 0 bridgehead atoms. The second kappa shape index (κ2) is 8.73. The molecule has 5 nitrogen and oxygen atoms in total. The molecule has 0 saturated heterocycles. The molecule has 0 unspecified atom stereocenters. The summed E-state index contributed by atoms with van der Waals surface area (Å²) in [4.78, 5) is 15.6. The summed E-state index contributed by atoms with van der Waals surface area (Å²) < 4.78 is 7.60. The summed E-state index contributed by atoms with van der Waals surface area (Å²) >= 11 is 6.21. The zero-order valence-electron chi connectivity index (χ0n) is 14.1. The number of nitrogens with zero attached hydrogens (tertiary/aromatic N) is 2. The molecule has 1 aromatic heterocycles. The van der Waals surface area contributed by atoms with Gasteiger partial charge < -0.3 is 14.4 Å². The Kier molecular flexibility index (Phi) is 6.67. The van der Waals surface area contributed by atoms with Crippen molar-refractivity contribution in [2.24, 2.45) is 0 Å². The SMILES string of the molecule is CCCCc1nc(Cl)c(CC(=O)O)n1Cc1ccccc1OCC. The Labute approximate surface area is 147 Å². The highest BCUT2D eigenvalue weighted by Gasteiger charge is 2.19. The van der Waals surface area contributed by atoms with Crippen LogP contribution in [0.3, 0.4) is 0 Å². The zero-order valence-corrected chi connectivity index (χ0v) is 14.8. The molecule has 0 atom stereocenters. The molecule has 0 amide bonds. The van der Waals surface area contributed by atoms with Crippen LogP contribution in [0.4, 0.5) is 0 Å². The molecule has 1 heterocycles. The van der Waals surface area contributed by atoms with Gasteiger partial charge in [0.25, 0.3) is 0 Å². The number of para-hydroxylation sites is 1. The maximum atomic E-state index is 11.2. The van der Waals surface area contributed by atoms with Crippen molar-refractivity contribution in [2.75, 3.05) is 6.61 Å². The van der Waals surface area contributed by atoms with Gasteiger partial charge in [-0.1, -0.05) is 43.1 Å². The molecule has 130 valence electrons. The van der Waals surface area contributed by atoms with Crippen molar-refractivity contribution in [3.63, 3.8) is 0 Å². The molecule has 2 rings (SSSR count). The van der Waals surface area contributed by atoms with Crippen LogP contribution >= 0.6 is 11.6 Å². The van der Waals surface area contributed by atoms with E-state index < -0.39 is 5.97 Å². The highest BCUT2D eigenvalue weighted by atomic mass is 35.5. The molecule has 1 aromatic carbocycles. The van der Waals surface area contributed by atoms with E-state index in [0.717, 1.165) is 36.4 Å². The average molecular weight is 351 g/mol. The minimum absolute atomic E-state index is 0.144. The van der Waals surface area contributed by atoms with Crippen LogP contribution in [0.5, 0.6) is 5.75 Å². The monoisotopic (exact) mass is 350 g/mol. The number of benzene rings is 1. The van der Waals surface area contributed by atoms with E-state index in [2.05, 4.69) is 11.9 Å². The van der Waals surface area contributed by atoms with Crippen molar-refractivity contribution in [1.82, 2.24) is 9.55 Å². The summed E-state index contributed by atoms with van der Waals surface area (Å²) in [5, 5.41) is 9.46. The normalized spacial score (nSPS) is 10.8. The molecule has 0 radical (unpaired) electrons. The standard InChI is InChI=1S/C18H23ClN2O3/c1-3-5-10-16-20-18(19)14(11-17(22)23)21(16)12-13-8-6-7-9-15(13)24-4-2/h6-9H,3-5,10-12H2,1-2H3,(H,22,23). The fourth-order valence-electron chi connectivity index (χ4n) is 2.63. The number of aromatic nitrogens is 2. The van der Waals surface area contributed by atoms with E-state index in [9.17, 15) is 9.90 Å². The lowest BCUT2D eigenvalue weighted by Crippen LogP contribution is -2.13. The first kappa shape index (κ1) is 18.3. The van der Waals surface area contributed by atoms with Crippen LogP contribution in [0, 0.1) is 0 Å². The molecular formula is C18H23ClN2O3. The summed E-state index contributed by atoms with van der Waals surface area (Å²) in [7, 11) is 0. The first-order valence-electron chi connectivity index (χ1n) is 8.23. The highest BCUT2D eigenvalue weighted by molar-refractivity contribution is 6.30. The van der Waals surface area contributed by atoms with E-state index in [1.165, 1.54) is 0 Å². The first-order chi connectivity index (χ1) is 11.6. The Balaban J connectivity index is 2.41. The number of halogens is 1. The molecule has 2 aromatic rings. The van der Waals surface area contributed by atoms with E-state index >= 15 is 0 Å². The number of imidazole rings is 1. The summed E-state index contributed by atoms with van der Waals surface area (Å²) in [6, 6.07) is 7.76. The van der Waals surface area contributed by atoms with Crippen LogP contribution in [0.1, 0.15) is 43.8 Å². The third-order valence-corrected chi connectivity index (χ3v) is 4.08. The summed E-state index contributed by atoms with van der Waals surface area (Å²) in [6.07, 6.45) is 2.64. The first-order valence-corrected chi connectivity index (χ1v) is 8.60.